The monoisotopic (exact) mass is 474 g/mol. The maximum atomic E-state index is 3.90. The average molecular weight is 475 g/mol. The Kier molecular flexibility index (Phi) is 7.92. The van der Waals surface area contributed by atoms with E-state index in [1.54, 1.807) is 0 Å². The molecule has 0 aliphatic heterocycles. The van der Waals surface area contributed by atoms with Crippen LogP contribution in [0.4, 0.5) is 11.4 Å². The zero-order valence-electron chi connectivity index (χ0n) is 19.5. The van der Waals surface area contributed by atoms with Crippen molar-refractivity contribution in [1.29, 1.82) is 0 Å². The van der Waals surface area contributed by atoms with E-state index >= 15 is 0 Å². The molecule has 0 heterocycles. The molecule has 0 bridgehead atoms. The molecule has 0 aliphatic rings. The Hall–Kier alpha value is 0.160. The molecule has 1 aromatic rings. The van der Waals surface area contributed by atoms with E-state index in [1.165, 1.54) is 11.4 Å². The first-order valence-electron chi connectivity index (χ1n) is 9.77. The van der Waals surface area contributed by atoms with E-state index in [0.717, 1.165) is 4.47 Å². The van der Waals surface area contributed by atoms with Gasteiger partial charge in [-0.3, -0.25) is 0 Å². The number of benzene rings is 1. The van der Waals surface area contributed by atoms with Crippen LogP contribution in [0.1, 0.15) is 83.1 Å². The Morgan fingerprint density at radius 3 is 1.07 bits per heavy atom. The molecule has 0 aliphatic carbocycles. The average Bonchev–Trinajstić information content (AvgIpc) is 2.39. The van der Waals surface area contributed by atoms with E-state index in [9.17, 15) is 0 Å². The molecule has 0 fully saturated rings. The van der Waals surface area contributed by atoms with Crippen LogP contribution in [0, 0.1) is 0 Å². The molecule has 0 atom stereocenters. The highest BCUT2D eigenvalue weighted by atomic mass is 79.9. The summed E-state index contributed by atoms with van der Waals surface area (Å²) in [6, 6.07) is 6.55. The summed E-state index contributed by atoms with van der Waals surface area (Å²) in [7, 11) is -0.831. The van der Waals surface area contributed by atoms with Crippen molar-refractivity contribution in [2.45, 2.75) is 104 Å². The predicted molar refractivity (Wildman–Crippen MR) is 134 cm³/mol. The molecule has 1 rings (SSSR count). The van der Waals surface area contributed by atoms with Crippen LogP contribution >= 0.6 is 32.1 Å². The van der Waals surface area contributed by atoms with Crippen molar-refractivity contribution in [3.8, 4) is 0 Å². The van der Waals surface area contributed by atoms with Crippen molar-refractivity contribution >= 4 is 43.4 Å². The van der Waals surface area contributed by atoms with Crippen LogP contribution in [0.25, 0.3) is 0 Å². The smallest absolute Gasteiger partial charge is 0.0643 e. The van der Waals surface area contributed by atoms with Crippen molar-refractivity contribution in [3.63, 3.8) is 0 Å². The van der Waals surface area contributed by atoms with Crippen LogP contribution < -0.4 is 10.2 Å². The van der Waals surface area contributed by atoms with E-state index in [1.807, 2.05) is 0 Å². The van der Waals surface area contributed by atoms with Crippen molar-refractivity contribution in [2.75, 3.05) is 10.2 Å². The van der Waals surface area contributed by atoms with Gasteiger partial charge < -0.3 is 10.2 Å². The minimum Gasteiger partial charge on any atom is -0.362 e. The molecular formula is C22H41BrN2P2. The lowest BCUT2D eigenvalue weighted by molar-refractivity contribution is 0.710. The second-order valence-corrected chi connectivity index (χ2v) is 19.2. The molecule has 156 valence electrons. The first-order valence-corrected chi connectivity index (χ1v) is 13.3. The maximum Gasteiger partial charge on any atom is 0.0643 e. The van der Waals surface area contributed by atoms with Crippen molar-refractivity contribution in [3.05, 3.63) is 22.7 Å². The highest BCUT2D eigenvalue weighted by molar-refractivity contribution is 9.10. The molecule has 27 heavy (non-hydrogen) atoms. The van der Waals surface area contributed by atoms with Gasteiger partial charge in [-0.1, -0.05) is 89.2 Å². The predicted octanol–water partition coefficient (Wildman–Crippen LogP) is 9.26. The van der Waals surface area contributed by atoms with Crippen LogP contribution in [-0.2, 0) is 0 Å². The van der Waals surface area contributed by atoms with Crippen molar-refractivity contribution < 1.29 is 0 Å². The van der Waals surface area contributed by atoms with Gasteiger partial charge in [-0.15, -0.1) is 0 Å². The number of hydrogen-bond acceptors (Lipinski definition) is 2. The Balaban J connectivity index is 3.27. The van der Waals surface area contributed by atoms with Crippen molar-refractivity contribution in [2.24, 2.45) is 0 Å². The highest BCUT2D eigenvalue weighted by Gasteiger charge is 2.37. The molecule has 2 N–H and O–H groups in total. The molecular weight excluding hydrogens is 434 g/mol. The van der Waals surface area contributed by atoms with E-state index in [0.29, 0.717) is 0 Å². The zero-order chi connectivity index (χ0) is 21.4. The summed E-state index contributed by atoms with van der Waals surface area (Å²) in [4.78, 5) is 0. The topological polar surface area (TPSA) is 24.1 Å². The fourth-order valence-electron chi connectivity index (χ4n) is 3.63. The number of halogens is 1. The van der Waals surface area contributed by atoms with Crippen LogP contribution in [0.3, 0.4) is 0 Å². The minimum atomic E-state index is -0.416. The number of hydrogen-bond donors (Lipinski definition) is 2. The summed E-state index contributed by atoms with van der Waals surface area (Å²) in [6.45, 7) is 28.1. The largest absolute Gasteiger partial charge is 0.362 e. The van der Waals surface area contributed by atoms with Gasteiger partial charge in [-0.2, -0.15) is 0 Å². The van der Waals surface area contributed by atoms with Crippen LogP contribution in [0.15, 0.2) is 22.7 Å². The normalized spacial score (nSPS) is 14.0. The summed E-state index contributed by atoms with van der Waals surface area (Å²) in [5, 5.41) is 8.70. The molecule has 0 amide bonds. The number of nitrogens with one attached hydrogen (secondary N) is 2. The van der Waals surface area contributed by atoms with Gasteiger partial charge >= 0.3 is 0 Å². The standard InChI is InChI=1S/C22H41BrN2P2/c1-19(2,3)26(20(4,5)6)24-16-14-13-15-17(18(16)23)25-27(21(7,8)9)22(10,11)12/h13-15,24-25H,1-12H3. The third-order valence-electron chi connectivity index (χ3n) is 4.15. The van der Waals surface area contributed by atoms with Crippen LogP contribution in [0.5, 0.6) is 0 Å². The van der Waals surface area contributed by atoms with Gasteiger partial charge in [-0.05, 0) is 44.2 Å². The Morgan fingerprint density at radius 1 is 0.593 bits per heavy atom. The second kappa shape index (κ2) is 8.49. The molecule has 5 heteroatoms. The van der Waals surface area contributed by atoms with Gasteiger partial charge in [0.15, 0.2) is 0 Å². The molecule has 0 radical (unpaired) electrons. The van der Waals surface area contributed by atoms with Crippen molar-refractivity contribution in [1.82, 2.24) is 0 Å². The molecule has 2 nitrogen and oxygen atoms in total. The highest BCUT2D eigenvalue weighted by Crippen LogP contribution is 2.61. The summed E-state index contributed by atoms with van der Waals surface area (Å²) in [5.41, 5.74) is 2.38. The lowest BCUT2D eigenvalue weighted by Gasteiger charge is -2.43. The molecule has 0 aromatic heterocycles. The summed E-state index contributed by atoms with van der Waals surface area (Å²) in [5.74, 6) is 0. The first kappa shape index (κ1) is 25.2. The van der Waals surface area contributed by atoms with Gasteiger partial charge in [0.1, 0.15) is 0 Å². The maximum absolute atomic E-state index is 3.90. The second-order valence-electron chi connectivity index (χ2n) is 11.2. The summed E-state index contributed by atoms with van der Waals surface area (Å²) < 4.78 is 1.15. The third-order valence-corrected chi connectivity index (χ3v) is 11.3. The summed E-state index contributed by atoms with van der Waals surface area (Å²) in [6.07, 6.45) is 0. The molecule has 0 saturated heterocycles. The van der Waals surface area contributed by atoms with Gasteiger partial charge in [0.05, 0.1) is 15.8 Å². The van der Waals surface area contributed by atoms with E-state index in [2.05, 4.69) is 127 Å². The fourth-order valence-corrected chi connectivity index (χ4v) is 10.6. The lowest BCUT2D eigenvalue weighted by Crippen LogP contribution is -2.29. The quantitative estimate of drug-likeness (QED) is 0.424. The van der Waals surface area contributed by atoms with E-state index in [4.69, 9.17) is 0 Å². The zero-order valence-corrected chi connectivity index (χ0v) is 22.9. The van der Waals surface area contributed by atoms with E-state index < -0.39 is 16.1 Å². The van der Waals surface area contributed by atoms with E-state index in [-0.39, 0.29) is 20.6 Å². The van der Waals surface area contributed by atoms with Gasteiger partial charge in [0.25, 0.3) is 0 Å². The molecule has 0 saturated carbocycles. The fraction of sp³-hybridized carbons (Fsp3) is 0.727. The van der Waals surface area contributed by atoms with Gasteiger partial charge in [0, 0.05) is 20.6 Å². The SMILES string of the molecule is CC(C)(C)P(Nc1cccc(NP(C(C)(C)C)C(C)(C)C)c1Br)C(C)(C)C. The number of anilines is 2. The molecule has 0 spiro atoms. The Bertz CT molecular complexity index is 551. The summed E-state index contributed by atoms with van der Waals surface area (Å²) >= 11 is 3.90. The Morgan fingerprint density at radius 2 is 0.852 bits per heavy atom. The third kappa shape index (κ3) is 7.17. The lowest BCUT2D eigenvalue weighted by atomic mass is 10.2. The van der Waals surface area contributed by atoms with Gasteiger partial charge in [0.2, 0.25) is 0 Å². The molecule has 0 unspecified atom stereocenters. The first-order chi connectivity index (χ1) is 11.8. The van der Waals surface area contributed by atoms with Crippen LogP contribution in [0.2, 0.25) is 0 Å². The van der Waals surface area contributed by atoms with Crippen LogP contribution in [-0.4, -0.2) is 20.6 Å². The minimum absolute atomic E-state index is 0.222. The molecule has 1 aromatic carbocycles. The number of rotatable bonds is 4. The Labute approximate surface area is 179 Å². The van der Waals surface area contributed by atoms with Gasteiger partial charge in [-0.25, -0.2) is 0 Å².